The molecule has 14 heavy (non-hydrogen) atoms. The van der Waals surface area contributed by atoms with Gasteiger partial charge in [-0.1, -0.05) is 37.1 Å². The van der Waals surface area contributed by atoms with Crippen molar-refractivity contribution in [1.82, 2.24) is 0 Å². The summed E-state index contributed by atoms with van der Waals surface area (Å²) in [7, 11) is 0. The average molecular weight is 211 g/mol. The number of para-hydroxylation sites is 1. The Morgan fingerprint density at radius 1 is 1.36 bits per heavy atom. The summed E-state index contributed by atoms with van der Waals surface area (Å²) in [4.78, 5) is 0. The molecule has 0 bridgehead atoms. The molecule has 0 N–H and O–H groups in total. The van der Waals surface area contributed by atoms with Crippen LogP contribution in [0.15, 0.2) is 24.3 Å². The lowest BCUT2D eigenvalue weighted by atomic mass is 9.80. The van der Waals surface area contributed by atoms with Gasteiger partial charge in [0.2, 0.25) is 0 Å². The molecule has 1 aliphatic carbocycles. The van der Waals surface area contributed by atoms with E-state index in [0.29, 0.717) is 11.1 Å². The fourth-order valence-corrected chi connectivity index (χ4v) is 2.00. The van der Waals surface area contributed by atoms with Gasteiger partial charge in [-0.05, 0) is 30.9 Å². The van der Waals surface area contributed by atoms with Crippen LogP contribution >= 0.6 is 11.6 Å². The third-order valence-corrected chi connectivity index (χ3v) is 3.21. The molecule has 0 aliphatic heterocycles. The summed E-state index contributed by atoms with van der Waals surface area (Å²) in [5, 5.41) is 0.715. The van der Waals surface area contributed by atoms with Crippen LogP contribution in [0.5, 0.6) is 5.75 Å². The van der Waals surface area contributed by atoms with E-state index in [1.54, 1.807) is 0 Å². The van der Waals surface area contributed by atoms with E-state index in [4.69, 9.17) is 16.3 Å². The number of hydrogen-bond acceptors (Lipinski definition) is 1. The van der Waals surface area contributed by atoms with Crippen LogP contribution in [0.25, 0.3) is 0 Å². The van der Waals surface area contributed by atoms with Crippen molar-refractivity contribution < 1.29 is 4.74 Å². The van der Waals surface area contributed by atoms with Crippen molar-refractivity contribution in [2.45, 2.75) is 32.3 Å². The van der Waals surface area contributed by atoms with Crippen molar-refractivity contribution in [3.63, 3.8) is 0 Å². The second-order valence-electron chi connectivity index (χ2n) is 3.92. The van der Waals surface area contributed by atoms with Crippen molar-refractivity contribution in [2.75, 3.05) is 0 Å². The molecule has 0 saturated heterocycles. The zero-order valence-electron chi connectivity index (χ0n) is 8.37. The molecule has 2 heteroatoms. The van der Waals surface area contributed by atoms with E-state index >= 15 is 0 Å². The van der Waals surface area contributed by atoms with Crippen molar-refractivity contribution in [2.24, 2.45) is 5.92 Å². The first-order valence-corrected chi connectivity index (χ1v) is 5.58. The molecule has 0 unspecified atom stereocenters. The molecule has 0 radical (unpaired) electrons. The van der Waals surface area contributed by atoms with Gasteiger partial charge >= 0.3 is 0 Å². The summed E-state index contributed by atoms with van der Waals surface area (Å²) in [5.41, 5.74) is 0. The van der Waals surface area contributed by atoms with Gasteiger partial charge in [0, 0.05) is 0 Å². The molecule has 0 atom stereocenters. The Morgan fingerprint density at radius 3 is 2.71 bits per heavy atom. The summed E-state index contributed by atoms with van der Waals surface area (Å²) < 4.78 is 5.78. The highest BCUT2D eigenvalue weighted by Gasteiger charge is 2.29. The predicted molar refractivity (Wildman–Crippen MR) is 58.9 cm³/mol. The highest BCUT2D eigenvalue weighted by molar-refractivity contribution is 6.32. The number of ether oxygens (including phenoxy) is 1. The zero-order valence-corrected chi connectivity index (χ0v) is 9.13. The van der Waals surface area contributed by atoms with Gasteiger partial charge in [0.1, 0.15) is 5.75 Å². The molecule has 0 amide bonds. The van der Waals surface area contributed by atoms with E-state index in [1.165, 1.54) is 19.3 Å². The molecule has 1 fully saturated rings. The van der Waals surface area contributed by atoms with Crippen molar-refractivity contribution in [1.29, 1.82) is 0 Å². The molecule has 0 aromatic heterocycles. The molecule has 1 saturated carbocycles. The van der Waals surface area contributed by atoms with Gasteiger partial charge in [-0.25, -0.2) is 0 Å². The van der Waals surface area contributed by atoms with Gasteiger partial charge < -0.3 is 4.74 Å². The largest absolute Gasteiger partial charge is 0.489 e. The molecule has 0 heterocycles. The molecule has 2 rings (SSSR count). The fourth-order valence-electron chi connectivity index (χ4n) is 1.82. The monoisotopic (exact) mass is 210 g/mol. The highest BCUT2D eigenvalue weighted by Crippen LogP contribution is 2.35. The lowest BCUT2D eigenvalue weighted by molar-refractivity contribution is 0.0632. The second kappa shape index (κ2) is 4.22. The minimum absolute atomic E-state index is 0.389. The van der Waals surface area contributed by atoms with E-state index in [9.17, 15) is 0 Å². The van der Waals surface area contributed by atoms with E-state index in [0.717, 1.165) is 11.7 Å². The molecular weight excluding hydrogens is 196 g/mol. The van der Waals surface area contributed by atoms with Crippen LogP contribution in [-0.4, -0.2) is 6.10 Å². The first-order chi connectivity index (χ1) is 6.79. The average Bonchev–Trinajstić information content (AvgIpc) is 2.13. The molecule has 1 nitrogen and oxygen atoms in total. The number of hydrogen-bond donors (Lipinski definition) is 0. The normalized spacial score (nSPS) is 25.6. The van der Waals surface area contributed by atoms with Crippen molar-refractivity contribution >= 4 is 11.6 Å². The van der Waals surface area contributed by atoms with Crippen LogP contribution in [0, 0.1) is 5.92 Å². The van der Waals surface area contributed by atoms with Crippen LogP contribution in [0.2, 0.25) is 5.02 Å². The van der Waals surface area contributed by atoms with Crippen LogP contribution < -0.4 is 4.74 Å². The van der Waals surface area contributed by atoms with Crippen LogP contribution in [0.3, 0.4) is 0 Å². The molecule has 1 aromatic carbocycles. The maximum absolute atomic E-state index is 5.99. The first-order valence-electron chi connectivity index (χ1n) is 5.20. The molecule has 76 valence electrons. The van der Waals surface area contributed by atoms with Gasteiger partial charge in [-0.2, -0.15) is 0 Å². The Labute approximate surface area is 90.0 Å². The minimum atomic E-state index is 0.389. The van der Waals surface area contributed by atoms with Gasteiger partial charge in [0.25, 0.3) is 0 Å². The number of halogens is 1. The third kappa shape index (κ3) is 2.03. The van der Waals surface area contributed by atoms with Crippen molar-refractivity contribution in [3.05, 3.63) is 29.3 Å². The number of benzene rings is 1. The maximum atomic E-state index is 5.99. The van der Waals surface area contributed by atoms with E-state index in [2.05, 4.69) is 6.92 Å². The lowest BCUT2D eigenvalue weighted by Crippen LogP contribution is -2.33. The fraction of sp³-hybridized carbons (Fsp3) is 0.500. The van der Waals surface area contributed by atoms with Crippen LogP contribution in [0.1, 0.15) is 26.2 Å². The summed E-state index contributed by atoms with van der Waals surface area (Å²) in [6, 6.07) is 7.68. The van der Waals surface area contributed by atoms with Gasteiger partial charge in [0.05, 0.1) is 11.1 Å². The summed E-state index contributed by atoms with van der Waals surface area (Å²) >= 11 is 5.99. The number of rotatable bonds is 3. The predicted octanol–water partition coefficient (Wildman–Crippen LogP) is 3.91. The van der Waals surface area contributed by atoms with E-state index in [-0.39, 0.29) is 0 Å². The third-order valence-electron chi connectivity index (χ3n) is 2.90. The Kier molecular flexibility index (Phi) is 2.97. The van der Waals surface area contributed by atoms with E-state index in [1.807, 2.05) is 24.3 Å². The minimum Gasteiger partial charge on any atom is -0.489 e. The second-order valence-corrected chi connectivity index (χ2v) is 4.32. The molecule has 1 aromatic rings. The molecular formula is C12H15ClO. The quantitative estimate of drug-likeness (QED) is 0.735. The topological polar surface area (TPSA) is 9.23 Å². The lowest BCUT2D eigenvalue weighted by Gasteiger charge is -2.34. The summed E-state index contributed by atoms with van der Waals surface area (Å²) in [6.45, 7) is 2.23. The standard InChI is InChI=1S/C12H15ClO/c1-2-9-7-10(8-9)14-12-6-4-3-5-11(12)13/h3-6,9-10H,2,7-8H2,1H3/t9-,10-. The van der Waals surface area contributed by atoms with Gasteiger partial charge in [0.15, 0.2) is 0 Å². The SMILES string of the molecule is CC[C@H]1C[C@H](Oc2ccccc2Cl)C1. The molecule has 0 spiro atoms. The smallest absolute Gasteiger partial charge is 0.138 e. The first kappa shape index (κ1) is 9.85. The maximum Gasteiger partial charge on any atom is 0.138 e. The van der Waals surface area contributed by atoms with Crippen molar-refractivity contribution in [3.8, 4) is 5.75 Å². The zero-order chi connectivity index (χ0) is 9.97. The molecule has 1 aliphatic rings. The van der Waals surface area contributed by atoms with E-state index < -0.39 is 0 Å². The highest BCUT2D eigenvalue weighted by atomic mass is 35.5. The Bertz CT molecular complexity index is 305. The van der Waals surface area contributed by atoms with Crippen LogP contribution in [0.4, 0.5) is 0 Å². The summed E-state index contributed by atoms with van der Waals surface area (Å²) in [5.74, 6) is 1.69. The Hall–Kier alpha value is -0.690. The summed E-state index contributed by atoms with van der Waals surface area (Å²) in [6.07, 6.45) is 4.02. The van der Waals surface area contributed by atoms with Crippen LogP contribution in [-0.2, 0) is 0 Å². The van der Waals surface area contributed by atoms with Gasteiger partial charge in [-0.3, -0.25) is 0 Å². The Balaban J connectivity index is 1.90. The Morgan fingerprint density at radius 2 is 2.07 bits per heavy atom. The van der Waals surface area contributed by atoms with Gasteiger partial charge in [-0.15, -0.1) is 0 Å².